The van der Waals surface area contributed by atoms with Gasteiger partial charge >= 0.3 is 0 Å². The summed E-state index contributed by atoms with van der Waals surface area (Å²) in [5, 5.41) is 0.326. The first-order valence-corrected chi connectivity index (χ1v) is 8.79. The molecule has 0 amide bonds. The normalized spacial score (nSPS) is 14.2. The van der Waals surface area contributed by atoms with Crippen molar-refractivity contribution in [2.45, 2.75) is 30.7 Å². The first-order valence-electron chi connectivity index (χ1n) is 6.49. The molecule has 1 aliphatic carbocycles. The average Bonchev–Trinajstić information content (AvgIpc) is 2.99. The standard InChI is InChI=1S/C13H14FN3O2S2/c14-9-5-4-8(7-15)12(6-9)21(18,19)17-13-16-10-2-1-3-11(10)20-13/h4-6H,1-3,7,15H2,(H,16,17). The van der Waals surface area contributed by atoms with Crippen molar-refractivity contribution < 1.29 is 12.8 Å². The van der Waals surface area contributed by atoms with Crippen LogP contribution in [0.4, 0.5) is 9.52 Å². The van der Waals surface area contributed by atoms with Crippen LogP contribution in [0.25, 0.3) is 0 Å². The third kappa shape index (κ3) is 2.78. The second-order valence-electron chi connectivity index (χ2n) is 4.80. The number of rotatable bonds is 4. The Morgan fingerprint density at radius 2 is 2.19 bits per heavy atom. The number of thiazole rings is 1. The molecule has 1 heterocycles. The molecular formula is C13H14FN3O2S2. The van der Waals surface area contributed by atoms with E-state index in [0.29, 0.717) is 10.7 Å². The molecule has 8 heteroatoms. The summed E-state index contributed by atoms with van der Waals surface area (Å²) >= 11 is 1.33. The summed E-state index contributed by atoms with van der Waals surface area (Å²) in [5.41, 5.74) is 6.85. The van der Waals surface area contributed by atoms with Gasteiger partial charge in [0.25, 0.3) is 10.0 Å². The number of sulfonamides is 1. The molecule has 0 atom stereocenters. The van der Waals surface area contributed by atoms with E-state index in [2.05, 4.69) is 9.71 Å². The van der Waals surface area contributed by atoms with Crippen LogP contribution < -0.4 is 10.5 Å². The molecule has 0 fully saturated rings. The van der Waals surface area contributed by atoms with Crippen LogP contribution in [0.3, 0.4) is 0 Å². The lowest BCUT2D eigenvalue weighted by atomic mass is 10.2. The van der Waals surface area contributed by atoms with Crippen molar-refractivity contribution in [2.24, 2.45) is 5.73 Å². The number of benzene rings is 1. The van der Waals surface area contributed by atoms with Crippen molar-refractivity contribution in [3.05, 3.63) is 40.2 Å². The second kappa shape index (κ2) is 5.36. The average molecular weight is 327 g/mol. The number of hydrogen-bond acceptors (Lipinski definition) is 5. The fourth-order valence-corrected chi connectivity index (χ4v) is 4.90. The minimum absolute atomic E-state index is 0.0187. The van der Waals surface area contributed by atoms with Gasteiger partial charge in [0.1, 0.15) is 5.82 Å². The summed E-state index contributed by atoms with van der Waals surface area (Å²) in [4.78, 5) is 5.26. The van der Waals surface area contributed by atoms with E-state index in [4.69, 9.17) is 5.73 Å². The van der Waals surface area contributed by atoms with Gasteiger partial charge in [-0.15, -0.1) is 11.3 Å². The third-order valence-electron chi connectivity index (χ3n) is 3.36. The maximum Gasteiger partial charge on any atom is 0.264 e. The van der Waals surface area contributed by atoms with E-state index in [1.54, 1.807) is 0 Å². The smallest absolute Gasteiger partial charge is 0.264 e. The lowest BCUT2D eigenvalue weighted by Gasteiger charge is -2.09. The highest BCUT2D eigenvalue weighted by molar-refractivity contribution is 7.93. The molecule has 3 N–H and O–H groups in total. The summed E-state index contributed by atoms with van der Waals surface area (Å²) in [6.45, 7) is 0.0187. The first-order chi connectivity index (χ1) is 9.99. The molecule has 2 aromatic rings. The Bertz CT molecular complexity index is 765. The van der Waals surface area contributed by atoms with Crippen LogP contribution in [0.15, 0.2) is 23.1 Å². The minimum atomic E-state index is -3.89. The van der Waals surface area contributed by atoms with Gasteiger partial charge in [-0.25, -0.2) is 17.8 Å². The van der Waals surface area contributed by atoms with Crippen LogP contribution in [0.1, 0.15) is 22.6 Å². The molecule has 0 aliphatic heterocycles. The van der Waals surface area contributed by atoms with E-state index in [1.807, 2.05) is 0 Å². The summed E-state index contributed by atoms with van der Waals surface area (Å²) in [6.07, 6.45) is 2.87. The number of nitrogens with zero attached hydrogens (tertiary/aromatic N) is 1. The fraction of sp³-hybridized carbons (Fsp3) is 0.308. The quantitative estimate of drug-likeness (QED) is 0.900. The summed E-state index contributed by atoms with van der Waals surface area (Å²) in [6, 6.07) is 3.55. The SMILES string of the molecule is NCc1ccc(F)cc1S(=O)(=O)Nc1nc2c(s1)CCC2. The van der Waals surface area contributed by atoms with Crippen LogP contribution >= 0.6 is 11.3 Å². The molecule has 0 spiro atoms. The number of aromatic nitrogens is 1. The summed E-state index contributed by atoms with van der Waals surface area (Å²) in [7, 11) is -3.89. The Balaban J connectivity index is 1.94. The van der Waals surface area contributed by atoms with Gasteiger partial charge in [-0.3, -0.25) is 4.72 Å². The Kier molecular flexibility index (Phi) is 3.68. The van der Waals surface area contributed by atoms with Crippen LogP contribution in [0, 0.1) is 5.82 Å². The van der Waals surface area contributed by atoms with Crippen LogP contribution in [0.2, 0.25) is 0 Å². The van der Waals surface area contributed by atoms with Gasteiger partial charge in [0.05, 0.1) is 10.6 Å². The monoisotopic (exact) mass is 327 g/mol. The zero-order valence-electron chi connectivity index (χ0n) is 11.1. The van der Waals surface area contributed by atoms with Gasteiger partial charge in [0, 0.05) is 11.4 Å². The van der Waals surface area contributed by atoms with Gasteiger partial charge in [-0.2, -0.15) is 0 Å². The molecule has 0 saturated carbocycles. The predicted molar refractivity (Wildman–Crippen MR) is 79.2 cm³/mol. The van der Waals surface area contributed by atoms with E-state index in [9.17, 15) is 12.8 Å². The van der Waals surface area contributed by atoms with Gasteiger partial charge in [0.15, 0.2) is 5.13 Å². The second-order valence-corrected chi connectivity index (χ2v) is 7.54. The lowest BCUT2D eigenvalue weighted by Crippen LogP contribution is -2.16. The number of nitrogens with two attached hydrogens (primary N) is 1. The molecule has 1 aliphatic rings. The Labute approximate surface area is 126 Å². The van der Waals surface area contributed by atoms with Crippen LogP contribution in [-0.4, -0.2) is 13.4 Å². The van der Waals surface area contributed by atoms with E-state index in [1.165, 1.54) is 23.5 Å². The fourth-order valence-electron chi connectivity index (χ4n) is 2.35. The van der Waals surface area contributed by atoms with Crippen molar-refractivity contribution >= 4 is 26.5 Å². The Hall–Kier alpha value is -1.51. The number of halogens is 1. The number of fused-ring (bicyclic) bond motifs is 1. The van der Waals surface area contributed by atoms with Crippen molar-refractivity contribution in [2.75, 3.05) is 4.72 Å². The van der Waals surface area contributed by atoms with Crippen LogP contribution in [0.5, 0.6) is 0 Å². The van der Waals surface area contributed by atoms with E-state index in [0.717, 1.165) is 35.9 Å². The van der Waals surface area contributed by atoms with E-state index >= 15 is 0 Å². The zero-order valence-corrected chi connectivity index (χ0v) is 12.7. The first kappa shape index (κ1) is 14.4. The van der Waals surface area contributed by atoms with Crippen molar-refractivity contribution in [1.82, 2.24) is 4.98 Å². The van der Waals surface area contributed by atoms with Gasteiger partial charge in [0.2, 0.25) is 0 Å². The van der Waals surface area contributed by atoms with Crippen molar-refractivity contribution in [3.63, 3.8) is 0 Å². The molecule has 5 nitrogen and oxygen atoms in total. The van der Waals surface area contributed by atoms with E-state index in [-0.39, 0.29) is 11.4 Å². The predicted octanol–water partition coefficient (Wildman–Crippen LogP) is 2.03. The van der Waals surface area contributed by atoms with Crippen molar-refractivity contribution in [1.29, 1.82) is 0 Å². The number of aryl methyl sites for hydroxylation is 2. The topological polar surface area (TPSA) is 85.1 Å². The summed E-state index contributed by atoms with van der Waals surface area (Å²) in [5.74, 6) is -0.616. The molecule has 0 saturated heterocycles. The number of hydrogen-bond donors (Lipinski definition) is 2. The molecule has 0 unspecified atom stereocenters. The Morgan fingerprint density at radius 1 is 1.38 bits per heavy atom. The largest absolute Gasteiger partial charge is 0.326 e. The highest BCUT2D eigenvalue weighted by Gasteiger charge is 2.23. The molecular weight excluding hydrogens is 313 g/mol. The molecule has 3 rings (SSSR count). The van der Waals surface area contributed by atoms with Gasteiger partial charge in [-0.1, -0.05) is 6.07 Å². The maximum absolute atomic E-state index is 13.3. The van der Waals surface area contributed by atoms with Crippen LogP contribution in [-0.2, 0) is 29.4 Å². The summed E-state index contributed by atoms with van der Waals surface area (Å²) < 4.78 is 40.5. The van der Waals surface area contributed by atoms with Crippen molar-refractivity contribution in [3.8, 4) is 0 Å². The zero-order chi connectivity index (χ0) is 15.0. The number of anilines is 1. The molecule has 112 valence electrons. The molecule has 0 bridgehead atoms. The molecule has 0 radical (unpaired) electrons. The van der Waals surface area contributed by atoms with Gasteiger partial charge in [-0.05, 0) is 37.0 Å². The highest BCUT2D eigenvalue weighted by Crippen LogP contribution is 2.32. The minimum Gasteiger partial charge on any atom is -0.326 e. The third-order valence-corrected chi connectivity index (χ3v) is 5.98. The van der Waals surface area contributed by atoms with E-state index < -0.39 is 15.8 Å². The van der Waals surface area contributed by atoms with Gasteiger partial charge < -0.3 is 5.73 Å². The lowest BCUT2D eigenvalue weighted by molar-refractivity contribution is 0.593. The molecule has 1 aromatic carbocycles. The molecule has 21 heavy (non-hydrogen) atoms. The number of nitrogens with one attached hydrogen (secondary N) is 1. The highest BCUT2D eigenvalue weighted by atomic mass is 32.2. The molecule has 1 aromatic heterocycles. The Morgan fingerprint density at radius 3 is 2.90 bits per heavy atom. The maximum atomic E-state index is 13.3.